The van der Waals surface area contributed by atoms with Crippen LogP contribution in [0.1, 0.15) is 27.9 Å². The zero-order valence-electron chi connectivity index (χ0n) is 11.2. The zero-order valence-corrected chi connectivity index (χ0v) is 12.0. The molecule has 19 heavy (non-hydrogen) atoms. The summed E-state index contributed by atoms with van der Waals surface area (Å²) in [6, 6.07) is 7.97. The van der Waals surface area contributed by atoms with E-state index in [1.54, 1.807) is 0 Å². The molecule has 0 amide bonds. The van der Waals surface area contributed by atoms with Crippen molar-refractivity contribution in [2.24, 2.45) is 0 Å². The molecule has 0 unspecified atom stereocenters. The maximum absolute atomic E-state index is 11.2. The molecule has 0 atom stereocenters. The van der Waals surface area contributed by atoms with E-state index >= 15 is 0 Å². The van der Waals surface area contributed by atoms with Crippen molar-refractivity contribution in [3.05, 3.63) is 40.4 Å². The molecular weight excluding hydrogens is 260 g/mol. The Kier molecular flexibility index (Phi) is 3.85. The lowest BCUT2D eigenvalue weighted by atomic mass is 10.2. The number of carboxylic acids is 1. The molecule has 0 fully saturated rings. The number of para-hydroxylation sites is 1. The van der Waals surface area contributed by atoms with E-state index in [1.165, 1.54) is 11.3 Å². The molecule has 0 aliphatic heterocycles. The second-order valence-corrected chi connectivity index (χ2v) is 5.25. The van der Waals surface area contributed by atoms with E-state index in [0.29, 0.717) is 22.1 Å². The third kappa shape index (κ3) is 2.61. The van der Waals surface area contributed by atoms with Gasteiger partial charge in [-0.25, -0.2) is 9.78 Å². The van der Waals surface area contributed by atoms with Gasteiger partial charge in [-0.2, -0.15) is 0 Å². The van der Waals surface area contributed by atoms with Crippen molar-refractivity contribution in [3.63, 3.8) is 0 Å². The smallest absolute Gasteiger partial charge is 0.347 e. The molecule has 0 spiro atoms. The molecule has 0 aliphatic carbocycles. The lowest BCUT2D eigenvalue weighted by molar-refractivity contribution is 0.0701. The third-order valence-corrected chi connectivity index (χ3v) is 4.14. The number of anilines is 2. The van der Waals surface area contributed by atoms with Gasteiger partial charge in [0.25, 0.3) is 0 Å². The molecule has 1 heterocycles. The van der Waals surface area contributed by atoms with Crippen LogP contribution in [-0.2, 0) is 6.42 Å². The van der Waals surface area contributed by atoms with Crippen LogP contribution in [-0.4, -0.2) is 23.1 Å². The minimum atomic E-state index is -0.904. The Morgan fingerprint density at radius 1 is 1.42 bits per heavy atom. The maximum Gasteiger partial charge on any atom is 0.347 e. The van der Waals surface area contributed by atoms with Crippen LogP contribution in [0.5, 0.6) is 0 Å². The molecule has 0 saturated carbocycles. The summed E-state index contributed by atoms with van der Waals surface area (Å²) in [4.78, 5) is 17.9. The highest BCUT2D eigenvalue weighted by molar-refractivity contribution is 7.17. The summed E-state index contributed by atoms with van der Waals surface area (Å²) in [7, 11) is 1.91. The Labute approximate surface area is 116 Å². The molecule has 1 N–H and O–H groups in total. The number of benzene rings is 1. The Hall–Kier alpha value is -1.88. The summed E-state index contributed by atoms with van der Waals surface area (Å²) in [5, 5.41) is 9.88. The average molecular weight is 276 g/mol. The van der Waals surface area contributed by atoms with Crippen LogP contribution in [0.15, 0.2) is 24.3 Å². The van der Waals surface area contributed by atoms with Crippen LogP contribution in [0, 0.1) is 6.92 Å². The Balaban J connectivity index is 2.42. The Bertz CT molecular complexity index is 607. The fraction of sp³-hybridized carbons (Fsp3) is 0.286. The Morgan fingerprint density at radius 2 is 2.11 bits per heavy atom. The number of carbonyl (C=O) groups is 1. The van der Waals surface area contributed by atoms with Crippen LogP contribution in [0.2, 0.25) is 0 Å². The fourth-order valence-corrected chi connectivity index (χ4v) is 2.90. The molecule has 0 saturated heterocycles. The predicted molar refractivity (Wildman–Crippen MR) is 77.7 cm³/mol. The minimum Gasteiger partial charge on any atom is -0.477 e. The van der Waals surface area contributed by atoms with Gasteiger partial charge in [0.15, 0.2) is 5.13 Å². The van der Waals surface area contributed by atoms with Crippen molar-refractivity contribution in [2.45, 2.75) is 20.3 Å². The SMILES string of the molecule is CCc1nc(N(C)c2ccccc2C)sc1C(=O)O. The number of hydrogen-bond donors (Lipinski definition) is 1. The molecule has 0 radical (unpaired) electrons. The van der Waals surface area contributed by atoms with Crippen molar-refractivity contribution in [1.82, 2.24) is 4.98 Å². The van der Waals surface area contributed by atoms with Crippen LogP contribution in [0.3, 0.4) is 0 Å². The van der Waals surface area contributed by atoms with Gasteiger partial charge in [-0.3, -0.25) is 0 Å². The van der Waals surface area contributed by atoms with Crippen molar-refractivity contribution < 1.29 is 9.90 Å². The van der Waals surface area contributed by atoms with Gasteiger partial charge in [0.1, 0.15) is 4.88 Å². The van der Waals surface area contributed by atoms with Crippen LogP contribution >= 0.6 is 11.3 Å². The van der Waals surface area contributed by atoms with Gasteiger partial charge in [0.05, 0.1) is 5.69 Å². The minimum absolute atomic E-state index is 0.331. The molecule has 100 valence electrons. The molecular formula is C14H16N2O2S. The van der Waals surface area contributed by atoms with Crippen molar-refractivity contribution >= 4 is 28.1 Å². The van der Waals surface area contributed by atoms with Crippen LogP contribution in [0.25, 0.3) is 0 Å². The number of carboxylic acid groups (broad SMARTS) is 1. The van der Waals surface area contributed by atoms with Crippen LogP contribution < -0.4 is 4.90 Å². The van der Waals surface area contributed by atoms with Gasteiger partial charge in [0, 0.05) is 12.7 Å². The topological polar surface area (TPSA) is 53.4 Å². The highest BCUT2D eigenvalue weighted by Crippen LogP contribution is 2.32. The van der Waals surface area contributed by atoms with E-state index in [4.69, 9.17) is 5.11 Å². The van der Waals surface area contributed by atoms with E-state index in [2.05, 4.69) is 4.98 Å². The summed E-state index contributed by atoms with van der Waals surface area (Å²) >= 11 is 1.22. The summed E-state index contributed by atoms with van der Waals surface area (Å²) in [5.41, 5.74) is 2.82. The highest BCUT2D eigenvalue weighted by atomic mass is 32.1. The molecule has 0 aliphatic rings. The van der Waals surface area contributed by atoms with E-state index in [1.807, 2.05) is 50.1 Å². The van der Waals surface area contributed by atoms with E-state index in [9.17, 15) is 4.79 Å². The fourth-order valence-electron chi connectivity index (χ4n) is 1.93. The first-order valence-corrected chi connectivity index (χ1v) is 6.88. The molecule has 2 rings (SSSR count). The molecule has 1 aromatic carbocycles. The van der Waals surface area contributed by atoms with Gasteiger partial charge in [-0.05, 0) is 25.0 Å². The van der Waals surface area contributed by atoms with Gasteiger partial charge in [-0.15, -0.1) is 0 Å². The zero-order chi connectivity index (χ0) is 14.0. The van der Waals surface area contributed by atoms with Gasteiger partial charge in [-0.1, -0.05) is 36.5 Å². The van der Waals surface area contributed by atoms with Gasteiger partial charge in [0.2, 0.25) is 0 Å². The molecule has 2 aromatic rings. The number of aryl methyl sites for hydroxylation is 2. The highest BCUT2D eigenvalue weighted by Gasteiger charge is 2.19. The number of hydrogen-bond acceptors (Lipinski definition) is 4. The summed E-state index contributed by atoms with van der Waals surface area (Å²) in [5.74, 6) is -0.904. The van der Waals surface area contributed by atoms with Crippen LogP contribution in [0.4, 0.5) is 10.8 Å². The lowest BCUT2D eigenvalue weighted by Gasteiger charge is -2.18. The number of rotatable bonds is 4. The number of nitrogens with zero attached hydrogens (tertiary/aromatic N) is 2. The van der Waals surface area contributed by atoms with Crippen molar-refractivity contribution in [1.29, 1.82) is 0 Å². The summed E-state index contributed by atoms with van der Waals surface area (Å²) < 4.78 is 0. The first-order chi connectivity index (χ1) is 9.04. The second-order valence-electron chi connectivity index (χ2n) is 4.28. The predicted octanol–water partition coefficient (Wildman–Crippen LogP) is 3.48. The normalized spacial score (nSPS) is 10.5. The summed E-state index contributed by atoms with van der Waals surface area (Å²) in [6.07, 6.45) is 0.625. The van der Waals surface area contributed by atoms with Crippen molar-refractivity contribution in [2.75, 3.05) is 11.9 Å². The monoisotopic (exact) mass is 276 g/mol. The number of aromatic carboxylic acids is 1. The van der Waals surface area contributed by atoms with Gasteiger partial charge >= 0.3 is 5.97 Å². The number of thiazole rings is 1. The second kappa shape index (κ2) is 5.40. The molecule has 5 heteroatoms. The van der Waals surface area contributed by atoms with E-state index in [0.717, 1.165) is 11.3 Å². The third-order valence-electron chi connectivity index (χ3n) is 2.98. The molecule has 4 nitrogen and oxygen atoms in total. The standard InChI is InChI=1S/C14H16N2O2S/c1-4-10-12(13(17)18)19-14(15-10)16(3)11-8-6-5-7-9(11)2/h5-8H,4H2,1-3H3,(H,17,18). The van der Waals surface area contributed by atoms with E-state index < -0.39 is 5.97 Å². The quantitative estimate of drug-likeness (QED) is 0.929. The maximum atomic E-state index is 11.2. The average Bonchev–Trinajstić information content (AvgIpc) is 2.83. The van der Waals surface area contributed by atoms with Gasteiger partial charge < -0.3 is 10.0 Å². The lowest BCUT2D eigenvalue weighted by Crippen LogP contribution is -2.10. The first-order valence-electron chi connectivity index (χ1n) is 6.07. The summed E-state index contributed by atoms with van der Waals surface area (Å²) in [6.45, 7) is 3.94. The number of aromatic nitrogens is 1. The molecule has 1 aromatic heterocycles. The van der Waals surface area contributed by atoms with E-state index in [-0.39, 0.29) is 0 Å². The van der Waals surface area contributed by atoms with Crippen molar-refractivity contribution in [3.8, 4) is 0 Å². The Morgan fingerprint density at radius 3 is 2.63 bits per heavy atom. The first kappa shape index (κ1) is 13.5. The molecule has 0 bridgehead atoms. The largest absolute Gasteiger partial charge is 0.477 e.